The minimum Gasteiger partial charge on any atom is -0.486 e. The lowest BCUT2D eigenvalue weighted by Gasteiger charge is -2.34. The summed E-state index contributed by atoms with van der Waals surface area (Å²) in [4.78, 5) is 27.6. The van der Waals surface area contributed by atoms with Gasteiger partial charge in [-0.05, 0) is 31.2 Å². The molecular formula is C25H29N3O5. The molecule has 0 spiro atoms. The third-order valence-corrected chi connectivity index (χ3v) is 5.64. The predicted molar refractivity (Wildman–Crippen MR) is 123 cm³/mol. The molecule has 0 saturated carbocycles. The summed E-state index contributed by atoms with van der Waals surface area (Å²) in [6.07, 6.45) is -0.172. The van der Waals surface area contributed by atoms with Crippen molar-refractivity contribution in [1.82, 2.24) is 15.5 Å². The average Bonchev–Trinajstić information content (AvgIpc) is 2.83. The van der Waals surface area contributed by atoms with Crippen LogP contribution in [0.4, 0.5) is 4.79 Å². The van der Waals surface area contributed by atoms with Gasteiger partial charge in [0.15, 0.2) is 11.5 Å². The van der Waals surface area contributed by atoms with Crippen molar-refractivity contribution in [1.29, 1.82) is 0 Å². The van der Waals surface area contributed by atoms with Crippen LogP contribution in [-0.4, -0.2) is 55.9 Å². The maximum atomic E-state index is 13.0. The van der Waals surface area contributed by atoms with Gasteiger partial charge in [0, 0.05) is 18.8 Å². The minimum atomic E-state index is -0.589. The highest BCUT2D eigenvalue weighted by Crippen LogP contribution is 2.31. The van der Waals surface area contributed by atoms with Gasteiger partial charge in [-0.1, -0.05) is 49.4 Å². The summed E-state index contributed by atoms with van der Waals surface area (Å²) in [5, 5.41) is 5.70. The fourth-order valence-corrected chi connectivity index (χ4v) is 4.06. The fraction of sp³-hybridized carbons (Fsp3) is 0.360. The number of ether oxygens (including phenoxy) is 3. The zero-order valence-electron chi connectivity index (χ0n) is 18.9. The molecule has 174 valence electrons. The van der Waals surface area contributed by atoms with Crippen molar-refractivity contribution in [3.63, 3.8) is 0 Å². The second-order valence-electron chi connectivity index (χ2n) is 7.88. The zero-order valence-corrected chi connectivity index (χ0v) is 18.9. The van der Waals surface area contributed by atoms with Crippen molar-refractivity contribution < 1.29 is 23.8 Å². The Morgan fingerprint density at radius 2 is 1.82 bits per heavy atom. The summed E-state index contributed by atoms with van der Waals surface area (Å²) < 4.78 is 17.3. The zero-order chi connectivity index (χ0) is 23.2. The topological polar surface area (TPSA) is 89.1 Å². The summed E-state index contributed by atoms with van der Waals surface area (Å²) in [6.45, 7) is 6.10. The molecule has 33 heavy (non-hydrogen) atoms. The number of para-hydroxylation sites is 2. The first kappa shape index (κ1) is 22.7. The van der Waals surface area contributed by atoms with E-state index in [9.17, 15) is 9.59 Å². The SMILES string of the molecule is CCOC(=O)C1=C(CN(CC)C[C@@H]2COc3ccccc3O2)NC(=O)N[C@H]1c1ccccc1. The highest BCUT2D eigenvalue weighted by Gasteiger charge is 2.34. The lowest BCUT2D eigenvalue weighted by molar-refractivity contribution is -0.139. The van der Waals surface area contributed by atoms with Crippen LogP contribution < -0.4 is 20.1 Å². The van der Waals surface area contributed by atoms with Gasteiger partial charge in [0.2, 0.25) is 0 Å². The molecule has 0 radical (unpaired) electrons. The number of benzene rings is 2. The summed E-state index contributed by atoms with van der Waals surface area (Å²) in [6, 6.07) is 16.1. The Labute approximate surface area is 193 Å². The summed E-state index contributed by atoms with van der Waals surface area (Å²) in [7, 11) is 0. The Hall–Kier alpha value is -3.52. The maximum Gasteiger partial charge on any atom is 0.338 e. The van der Waals surface area contributed by atoms with E-state index in [0.717, 1.165) is 17.1 Å². The Morgan fingerprint density at radius 3 is 2.55 bits per heavy atom. The number of carbonyl (C=O) groups excluding carboxylic acids is 2. The predicted octanol–water partition coefficient (Wildman–Crippen LogP) is 3.02. The van der Waals surface area contributed by atoms with Gasteiger partial charge in [-0.25, -0.2) is 9.59 Å². The Balaban J connectivity index is 1.57. The number of hydrogen-bond donors (Lipinski definition) is 2. The number of fused-ring (bicyclic) bond motifs is 1. The Morgan fingerprint density at radius 1 is 1.09 bits per heavy atom. The first-order valence-corrected chi connectivity index (χ1v) is 11.2. The first-order chi connectivity index (χ1) is 16.1. The Kier molecular flexibility index (Phi) is 7.14. The molecule has 2 aromatic carbocycles. The van der Waals surface area contributed by atoms with Gasteiger partial charge < -0.3 is 24.8 Å². The van der Waals surface area contributed by atoms with Gasteiger partial charge >= 0.3 is 12.0 Å². The molecule has 2 heterocycles. The highest BCUT2D eigenvalue weighted by atomic mass is 16.6. The molecule has 0 unspecified atom stereocenters. The van der Waals surface area contributed by atoms with Crippen molar-refractivity contribution in [2.45, 2.75) is 26.0 Å². The molecule has 2 aliphatic rings. The van der Waals surface area contributed by atoms with Crippen LogP contribution >= 0.6 is 0 Å². The van der Waals surface area contributed by atoms with E-state index >= 15 is 0 Å². The van der Waals surface area contributed by atoms with Gasteiger partial charge in [-0.2, -0.15) is 0 Å². The van der Waals surface area contributed by atoms with Crippen molar-refractivity contribution in [2.75, 3.05) is 32.8 Å². The molecule has 2 aromatic rings. The van der Waals surface area contributed by atoms with Crippen LogP contribution in [0, 0.1) is 0 Å². The fourth-order valence-electron chi connectivity index (χ4n) is 4.06. The molecule has 2 atom stereocenters. The number of esters is 1. The summed E-state index contributed by atoms with van der Waals surface area (Å²) >= 11 is 0. The van der Waals surface area contributed by atoms with Gasteiger partial charge in [0.05, 0.1) is 18.2 Å². The molecule has 8 heteroatoms. The Bertz CT molecular complexity index is 1020. The van der Waals surface area contributed by atoms with E-state index in [4.69, 9.17) is 14.2 Å². The average molecular weight is 452 g/mol. The monoisotopic (exact) mass is 451 g/mol. The second-order valence-corrected chi connectivity index (χ2v) is 7.88. The van der Waals surface area contributed by atoms with Crippen molar-refractivity contribution in [3.05, 3.63) is 71.4 Å². The van der Waals surface area contributed by atoms with Crippen molar-refractivity contribution in [3.8, 4) is 11.5 Å². The number of likely N-dealkylation sites (N-methyl/N-ethyl adjacent to an activating group) is 1. The van der Waals surface area contributed by atoms with Gasteiger partial charge in [0.25, 0.3) is 0 Å². The van der Waals surface area contributed by atoms with Crippen LogP contribution in [0.15, 0.2) is 65.9 Å². The molecule has 2 aliphatic heterocycles. The van der Waals surface area contributed by atoms with Crippen LogP contribution in [0.5, 0.6) is 11.5 Å². The first-order valence-electron chi connectivity index (χ1n) is 11.2. The third kappa shape index (κ3) is 5.28. The largest absolute Gasteiger partial charge is 0.486 e. The van der Waals surface area contributed by atoms with Crippen LogP contribution in [0.3, 0.4) is 0 Å². The van der Waals surface area contributed by atoms with Crippen LogP contribution in [0.1, 0.15) is 25.5 Å². The number of amides is 2. The number of nitrogens with zero attached hydrogens (tertiary/aromatic N) is 1. The molecule has 2 amide bonds. The van der Waals surface area contributed by atoms with E-state index in [1.54, 1.807) is 6.92 Å². The summed E-state index contributed by atoms with van der Waals surface area (Å²) in [5.74, 6) is 1.01. The van der Waals surface area contributed by atoms with Gasteiger partial charge in [0.1, 0.15) is 12.7 Å². The lowest BCUT2D eigenvalue weighted by Crippen LogP contribution is -2.49. The quantitative estimate of drug-likeness (QED) is 0.600. The molecule has 0 aromatic heterocycles. The lowest BCUT2D eigenvalue weighted by atomic mass is 9.95. The molecule has 4 rings (SSSR count). The molecule has 8 nitrogen and oxygen atoms in total. The highest BCUT2D eigenvalue weighted by molar-refractivity contribution is 5.95. The normalized spacial score (nSPS) is 19.7. The molecular weight excluding hydrogens is 422 g/mol. The minimum absolute atomic E-state index is 0.172. The van der Waals surface area contributed by atoms with E-state index < -0.39 is 12.0 Å². The number of carbonyl (C=O) groups is 2. The number of hydrogen-bond acceptors (Lipinski definition) is 6. The van der Waals surface area contributed by atoms with E-state index in [1.807, 2.05) is 61.5 Å². The smallest absolute Gasteiger partial charge is 0.338 e. The van der Waals surface area contributed by atoms with E-state index in [-0.39, 0.29) is 18.7 Å². The van der Waals surface area contributed by atoms with E-state index in [0.29, 0.717) is 37.5 Å². The van der Waals surface area contributed by atoms with Crippen LogP contribution in [-0.2, 0) is 9.53 Å². The standard InChI is InChI=1S/C25H29N3O5/c1-3-28(14-18-16-32-20-12-8-9-13-21(20)33-18)15-19-22(24(29)31-4-2)23(27-25(30)26-19)17-10-6-5-7-11-17/h5-13,18,23H,3-4,14-16H2,1-2H3,(H2,26,27,30)/t18-,23+/m1/s1. The van der Waals surface area contributed by atoms with E-state index in [2.05, 4.69) is 15.5 Å². The van der Waals surface area contributed by atoms with Crippen molar-refractivity contribution >= 4 is 12.0 Å². The third-order valence-electron chi connectivity index (χ3n) is 5.64. The summed E-state index contributed by atoms with van der Waals surface area (Å²) in [5.41, 5.74) is 1.76. The van der Waals surface area contributed by atoms with Crippen LogP contribution in [0.2, 0.25) is 0 Å². The number of urea groups is 1. The maximum absolute atomic E-state index is 13.0. The van der Waals surface area contributed by atoms with E-state index in [1.165, 1.54) is 0 Å². The van der Waals surface area contributed by atoms with Gasteiger partial charge in [-0.15, -0.1) is 0 Å². The molecule has 0 bridgehead atoms. The van der Waals surface area contributed by atoms with Crippen molar-refractivity contribution in [2.24, 2.45) is 0 Å². The molecule has 0 aliphatic carbocycles. The molecule has 0 fully saturated rings. The number of nitrogens with one attached hydrogen (secondary N) is 2. The number of rotatable bonds is 8. The van der Waals surface area contributed by atoms with Gasteiger partial charge in [-0.3, -0.25) is 4.90 Å². The second kappa shape index (κ2) is 10.4. The molecule has 2 N–H and O–H groups in total. The van der Waals surface area contributed by atoms with Crippen LogP contribution in [0.25, 0.3) is 0 Å². The molecule has 0 saturated heterocycles.